The van der Waals surface area contributed by atoms with E-state index < -0.39 is 0 Å². The Hall–Kier alpha value is -1.39. The maximum Gasteiger partial charge on any atom is 0.128 e. The third-order valence-corrected chi connectivity index (χ3v) is 3.86. The second-order valence-electron chi connectivity index (χ2n) is 5.45. The molecule has 0 atom stereocenters. The number of ether oxygens (including phenoxy) is 1. The molecule has 0 saturated carbocycles. The van der Waals surface area contributed by atoms with Crippen molar-refractivity contribution >= 4 is 11.3 Å². The van der Waals surface area contributed by atoms with Crippen molar-refractivity contribution in [1.29, 1.82) is 0 Å². The predicted octanol–water partition coefficient (Wildman–Crippen LogP) is 3.61. The third kappa shape index (κ3) is 2.96. The van der Waals surface area contributed by atoms with Gasteiger partial charge in [0, 0.05) is 10.9 Å². The first-order valence-corrected chi connectivity index (χ1v) is 7.08. The summed E-state index contributed by atoms with van der Waals surface area (Å²) in [5.74, 6) is 0.808. The number of thiazole rings is 1. The second-order valence-corrected chi connectivity index (χ2v) is 6.39. The molecule has 3 nitrogen and oxygen atoms in total. The minimum atomic E-state index is -0.0219. The first-order chi connectivity index (χ1) is 8.95. The molecule has 0 aliphatic heterocycles. The highest BCUT2D eigenvalue weighted by molar-refractivity contribution is 7.09. The molecular weight excluding hydrogens is 258 g/mol. The number of methoxy groups -OCH3 is 1. The highest BCUT2D eigenvalue weighted by Crippen LogP contribution is 2.35. The summed E-state index contributed by atoms with van der Waals surface area (Å²) in [6.45, 7) is 6.52. The number of benzene rings is 1. The number of hydrogen-bond acceptors (Lipinski definition) is 4. The zero-order chi connectivity index (χ0) is 14.0. The molecule has 0 bridgehead atoms. The van der Waals surface area contributed by atoms with Crippen LogP contribution in [0.2, 0.25) is 0 Å². The first kappa shape index (κ1) is 14.0. The van der Waals surface area contributed by atoms with Crippen LogP contribution in [0.5, 0.6) is 5.75 Å². The molecule has 1 aromatic carbocycles. The fraction of sp³-hybridized carbons (Fsp3) is 0.400. The van der Waals surface area contributed by atoms with E-state index in [1.807, 2.05) is 11.4 Å². The average Bonchev–Trinajstić information content (AvgIpc) is 2.85. The van der Waals surface area contributed by atoms with Crippen LogP contribution in [-0.2, 0) is 12.0 Å². The Morgan fingerprint density at radius 1 is 1.32 bits per heavy atom. The minimum absolute atomic E-state index is 0.0219. The van der Waals surface area contributed by atoms with Crippen molar-refractivity contribution in [1.82, 2.24) is 4.98 Å². The van der Waals surface area contributed by atoms with Crippen LogP contribution in [0.25, 0.3) is 11.3 Å². The van der Waals surface area contributed by atoms with Crippen LogP contribution >= 0.6 is 11.3 Å². The Kier molecular flexibility index (Phi) is 3.92. The van der Waals surface area contributed by atoms with Crippen LogP contribution in [0.15, 0.2) is 23.6 Å². The van der Waals surface area contributed by atoms with Crippen LogP contribution in [-0.4, -0.2) is 17.2 Å². The van der Waals surface area contributed by atoms with Gasteiger partial charge in [-0.15, -0.1) is 11.3 Å². The Labute approximate surface area is 117 Å². The van der Waals surface area contributed by atoms with E-state index >= 15 is 0 Å². The van der Waals surface area contributed by atoms with Crippen molar-refractivity contribution in [3.8, 4) is 17.0 Å². The van der Waals surface area contributed by atoms with Gasteiger partial charge in [-0.1, -0.05) is 26.8 Å². The highest BCUT2D eigenvalue weighted by atomic mass is 32.1. The van der Waals surface area contributed by atoms with E-state index in [0.717, 1.165) is 22.0 Å². The SMILES string of the molecule is COc1ccc(C(C)(C)C)cc1-c1csc(CO)n1. The lowest BCUT2D eigenvalue weighted by Crippen LogP contribution is -2.11. The van der Waals surface area contributed by atoms with E-state index in [9.17, 15) is 0 Å². The number of hydrogen-bond donors (Lipinski definition) is 1. The fourth-order valence-electron chi connectivity index (χ4n) is 1.88. The van der Waals surface area contributed by atoms with Gasteiger partial charge in [-0.05, 0) is 23.1 Å². The monoisotopic (exact) mass is 277 g/mol. The molecule has 0 amide bonds. The topological polar surface area (TPSA) is 42.4 Å². The van der Waals surface area contributed by atoms with Gasteiger partial charge in [0.2, 0.25) is 0 Å². The lowest BCUT2D eigenvalue weighted by Gasteiger charge is -2.20. The Bertz CT molecular complexity index is 570. The molecule has 0 radical (unpaired) electrons. The quantitative estimate of drug-likeness (QED) is 0.932. The van der Waals surface area contributed by atoms with E-state index in [1.165, 1.54) is 16.9 Å². The summed E-state index contributed by atoms with van der Waals surface area (Å²) < 4.78 is 5.41. The van der Waals surface area contributed by atoms with Crippen molar-refractivity contribution < 1.29 is 9.84 Å². The van der Waals surface area contributed by atoms with E-state index in [0.29, 0.717) is 0 Å². The van der Waals surface area contributed by atoms with Crippen molar-refractivity contribution in [3.63, 3.8) is 0 Å². The Morgan fingerprint density at radius 3 is 2.58 bits per heavy atom. The summed E-state index contributed by atoms with van der Waals surface area (Å²) in [4.78, 5) is 4.42. The molecule has 1 aromatic heterocycles. The van der Waals surface area contributed by atoms with Crippen molar-refractivity contribution in [2.75, 3.05) is 7.11 Å². The van der Waals surface area contributed by atoms with Gasteiger partial charge in [-0.2, -0.15) is 0 Å². The maximum atomic E-state index is 9.12. The smallest absolute Gasteiger partial charge is 0.128 e. The molecule has 0 unspecified atom stereocenters. The summed E-state index contributed by atoms with van der Waals surface area (Å²) in [6.07, 6.45) is 0. The largest absolute Gasteiger partial charge is 0.496 e. The van der Waals surface area contributed by atoms with Crippen molar-refractivity contribution in [2.45, 2.75) is 32.8 Å². The van der Waals surface area contributed by atoms with Crippen LogP contribution in [0.1, 0.15) is 31.3 Å². The van der Waals surface area contributed by atoms with Gasteiger partial charge in [0.05, 0.1) is 19.4 Å². The number of aliphatic hydroxyl groups excluding tert-OH is 1. The second kappa shape index (κ2) is 5.31. The molecule has 4 heteroatoms. The summed E-state index contributed by atoms with van der Waals surface area (Å²) in [7, 11) is 1.66. The van der Waals surface area contributed by atoms with Gasteiger partial charge >= 0.3 is 0 Å². The van der Waals surface area contributed by atoms with E-state index in [2.05, 4.69) is 37.9 Å². The normalized spacial score (nSPS) is 11.6. The van der Waals surface area contributed by atoms with E-state index in [4.69, 9.17) is 9.84 Å². The van der Waals surface area contributed by atoms with Gasteiger partial charge in [0.1, 0.15) is 10.8 Å². The number of aromatic nitrogens is 1. The lowest BCUT2D eigenvalue weighted by atomic mass is 9.86. The van der Waals surface area contributed by atoms with Gasteiger partial charge in [-0.25, -0.2) is 4.98 Å². The van der Waals surface area contributed by atoms with Crippen molar-refractivity contribution in [3.05, 3.63) is 34.2 Å². The minimum Gasteiger partial charge on any atom is -0.496 e. The summed E-state index contributed by atoms with van der Waals surface area (Å²) in [5, 5.41) is 11.8. The number of nitrogens with zero attached hydrogens (tertiary/aromatic N) is 1. The molecule has 0 fully saturated rings. The fourth-order valence-corrected chi connectivity index (χ4v) is 2.53. The van der Waals surface area contributed by atoms with Crippen LogP contribution in [0, 0.1) is 0 Å². The standard InChI is InChI=1S/C15H19NO2S/c1-15(2,3)10-5-6-13(18-4)11(7-10)12-9-19-14(8-17)16-12/h5-7,9,17H,8H2,1-4H3. The number of aliphatic hydroxyl groups is 1. The van der Waals surface area contributed by atoms with Gasteiger partial charge in [0.15, 0.2) is 0 Å². The van der Waals surface area contributed by atoms with Crippen LogP contribution in [0.4, 0.5) is 0 Å². The number of rotatable bonds is 3. The third-order valence-electron chi connectivity index (χ3n) is 3.03. The molecular formula is C15H19NO2S. The van der Waals surface area contributed by atoms with Gasteiger partial charge in [-0.3, -0.25) is 0 Å². The molecule has 0 spiro atoms. The first-order valence-electron chi connectivity index (χ1n) is 6.20. The average molecular weight is 277 g/mol. The van der Waals surface area contributed by atoms with Crippen LogP contribution in [0.3, 0.4) is 0 Å². The molecule has 0 aliphatic rings. The lowest BCUT2D eigenvalue weighted by molar-refractivity contribution is 0.281. The van der Waals surface area contributed by atoms with Gasteiger partial charge in [0.25, 0.3) is 0 Å². The summed E-state index contributed by atoms with van der Waals surface area (Å²) >= 11 is 1.46. The molecule has 19 heavy (non-hydrogen) atoms. The molecule has 2 rings (SSSR count). The molecule has 0 saturated heterocycles. The zero-order valence-corrected chi connectivity index (χ0v) is 12.5. The summed E-state index contributed by atoms with van der Waals surface area (Å²) in [5.41, 5.74) is 3.15. The highest BCUT2D eigenvalue weighted by Gasteiger charge is 2.17. The van der Waals surface area contributed by atoms with E-state index in [-0.39, 0.29) is 12.0 Å². The Balaban J connectivity index is 2.53. The predicted molar refractivity (Wildman–Crippen MR) is 78.7 cm³/mol. The van der Waals surface area contributed by atoms with Gasteiger partial charge < -0.3 is 9.84 Å². The molecule has 1 N–H and O–H groups in total. The molecule has 102 valence electrons. The van der Waals surface area contributed by atoms with Crippen molar-refractivity contribution in [2.24, 2.45) is 0 Å². The Morgan fingerprint density at radius 2 is 2.05 bits per heavy atom. The zero-order valence-electron chi connectivity index (χ0n) is 11.7. The maximum absolute atomic E-state index is 9.12. The molecule has 1 heterocycles. The molecule has 2 aromatic rings. The molecule has 0 aliphatic carbocycles. The summed E-state index contributed by atoms with van der Waals surface area (Å²) in [6, 6.07) is 6.19. The van der Waals surface area contributed by atoms with E-state index in [1.54, 1.807) is 7.11 Å². The van der Waals surface area contributed by atoms with Crippen LogP contribution < -0.4 is 4.74 Å².